The van der Waals surface area contributed by atoms with Gasteiger partial charge in [0.05, 0.1) is 11.9 Å². The second-order valence-electron chi connectivity index (χ2n) is 8.34. The molecule has 1 saturated heterocycles. The summed E-state index contributed by atoms with van der Waals surface area (Å²) in [4.78, 5) is 17.6. The predicted molar refractivity (Wildman–Crippen MR) is 126 cm³/mol. The Morgan fingerprint density at radius 3 is 2.19 bits per heavy atom. The first-order valence-electron chi connectivity index (χ1n) is 10.8. The lowest BCUT2D eigenvalue weighted by Crippen LogP contribution is -2.55. The molecule has 0 saturated carbocycles. The van der Waals surface area contributed by atoms with Crippen molar-refractivity contribution in [3.63, 3.8) is 0 Å². The fourth-order valence-electron chi connectivity index (χ4n) is 4.08. The van der Waals surface area contributed by atoms with E-state index < -0.39 is 16.1 Å². The Bertz CT molecular complexity index is 1000. The van der Waals surface area contributed by atoms with Gasteiger partial charge in [0.15, 0.2) is 0 Å². The second kappa shape index (κ2) is 9.83. The Kier molecular flexibility index (Phi) is 7.38. The summed E-state index contributed by atoms with van der Waals surface area (Å²) in [5.74, 6) is -0.120. The molecule has 1 amide bonds. The highest BCUT2D eigenvalue weighted by molar-refractivity contribution is 7.92. The first-order chi connectivity index (χ1) is 14.7. The zero-order chi connectivity index (χ0) is 22.6. The van der Waals surface area contributed by atoms with E-state index in [0.717, 1.165) is 30.8 Å². The molecule has 0 radical (unpaired) electrons. The SMILES string of the molecule is CC[C@H](C(=O)N1CCN(Cc2ccccc2)CC1)N(c1ccc(C)c(C)c1)S(C)(=O)=O. The smallest absolute Gasteiger partial charge is 0.246 e. The van der Waals surface area contributed by atoms with Crippen molar-refractivity contribution in [2.45, 2.75) is 39.8 Å². The summed E-state index contributed by atoms with van der Waals surface area (Å²) < 4.78 is 26.7. The van der Waals surface area contributed by atoms with Crippen LogP contribution in [-0.2, 0) is 21.4 Å². The summed E-state index contributed by atoms with van der Waals surface area (Å²) in [6.07, 6.45) is 1.60. The Labute approximate surface area is 186 Å². The third kappa shape index (κ3) is 5.66. The van der Waals surface area contributed by atoms with Crippen LogP contribution in [0.3, 0.4) is 0 Å². The minimum absolute atomic E-state index is 0.120. The summed E-state index contributed by atoms with van der Waals surface area (Å²) in [5, 5.41) is 0. The minimum Gasteiger partial charge on any atom is -0.338 e. The topological polar surface area (TPSA) is 60.9 Å². The van der Waals surface area contributed by atoms with Crippen LogP contribution < -0.4 is 4.31 Å². The van der Waals surface area contributed by atoms with Crippen LogP contribution in [0.15, 0.2) is 48.5 Å². The Balaban J connectivity index is 1.74. The van der Waals surface area contributed by atoms with Gasteiger partial charge < -0.3 is 4.90 Å². The largest absolute Gasteiger partial charge is 0.338 e. The van der Waals surface area contributed by atoms with Gasteiger partial charge in [0.25, 0.3) is 0 Å². The Morgan fingerprint density at radius 2 is 1.65 bits per heavy atom. The van der Waals surface area contributed by atoms with Crippen molar-refractivity contribution in [3.8, 4) is 0 Å². The molecule has 0 aliphatic carbocycles. The molecule has 168 valence electrons. The zero-order valence-electron chi connectivity index (χ0n) is 18.9. The summed E-state index contributed by atoms with van der Waals surface area (Å²) in [7, 11) is -3.62. The third-order valence-electron chi connectivity index (χ3n) is 5.99. The first-order valence-corrected chi connectivity index (χ1v) is 12.7. The van der Waals surface area contributed by atoms with E-state index in [9.17, 15) is 13.2 Å². The molecule has 0 aromatic heterocycles. The number of benzene rings is 2. The van der Waals surface area contributed by atoms with E-state index in [1.165, 1.54) is 16.1 Å². The molecule has 2 aromatic rings. The van der Waals surface area contributed by atoms with Gasteiger partial charge in [-0.05, 0) is 49.1 Å². The number of carbonyl (C=O) groups is 1. The summed E-state index contributed by atoms with van der Waals surface area (Å²) in [6, 6.07) is 15.1. The number of hydrogen-bond acceptors (Lipinski definition) is 4. The van der Waals surface area contributed by atoms with Crippen molar-refractivity contribution < 1.29 is 13.2 Å². The molecule has 0 N–H and O–H groups in total. The quantitative estimate of drug-likeness (QED) is 0.659. The van der Waals surface area contributed by atoms with E-state index in [4.69, 9.17) is 0 Å². The number of anilines is 1. The average molecular weight is 444 g/mol. The lowest BCUT2D eigenvalue weighted by Gasteiger charge is -2.39. The molecule has 0 spiro atoms. The van der Waals surface area contributed by atoms with Crippen molar-refractivity contribution in [2.24, 2.45) is 0 Å². The molecular weight excluding hydrogens is 410 g/mol. The van der Waals surface area contributed by atoms with E-state index in [-0.39, 0.29) is 5.91 Å². The molecular formula is C24H33N3O3S. The molecule has 0 bridgehead atoms. The molecule has 1 aliphatic rings. The maximum absolute atomic E-state index is 13.4. The van der Waals surface area contributed by atoms with E-state index in [0.29, 0.717) is 25.2 Å². The van der Waals surface area contributed by atoms with Gasteiger partial charge in [-0.3, -0.25) is 14.0 Å². The highest BCUT2D eigenvalue weighted by Gasteiger charge is 2.35. The van der Waals surface area contributed by atoms with Crippen LogP contribution >= 0.6 is 0 Å². The molecule has 6 nitrogen and oxygen atoms in total. The summed E-state index contributed by atoms with van der Waals surface area (Å²) >= 11 is 0. The van der Waals surface area contributed by atoms with Crippen molar-refractivity contribution in [2.75, 3.05) is 36.7 Å². The molecule has 1 aliphatic heterocycles. The molecule has 1 heterocycles. The lowest BCUT2D eigenvalue weighted by molar-refractivity contribution is -0.134. The van der Waals surface area contributed by atoms with Crippen molar-refractivity contribution in [1.82, 2.24) is 9.80 Å². The van der Waals surface area contributed by atoms with Gasteiger partial charge in [0.1, 0.15) is 6.04 Å². The number of sulfonamides is 1. The number of carbonyl (C=O) groups excluding carboxylic acids is 1. The van der Waals surface area contributed by atoms with Gasteiger partial charge in [0.2, 0.25) is 15.9 Å². The van der Waals surface area contributed by atoms with E-state index >= 15 is 0 Å². The number of amides is 1. The Hall–Kier alpha value is -2.38. The summed E-state index contributed by atoms with van der Waals surface area (Å²) in [6.45, 7) is 9.43. The number of hydrogen-bond donors (Lipinski definition) is 0. The van der Waals surface area contributed by atoms with Gasteiger partial charge in [-0.25, -0.2) is 8.42 Å². The number of aryl methyl sites for hydroxylation is 2. The van der Waals surface area contributed by atoms with Crippen LogP contribution in [0.1, 0.15) is 30.0 Å². The maximum atomic E-state index is 13.4. The molecule has 7 heteroatoms. The Morgan fingerprint density at radius 1 is 1.00 bits per heavy atom. The molecule has 3 rings (SSSR count). The predicted octanol–water partition coefficient (Wildman–Crippen LogP) is 3.19. The fraction of sp³-hybridized carbons (Fsp3) is 0.458. The van der Waals surface area contributed by atoms with E-state index in [2.05, 4.69) is 17.0 Å². The van der Waals surface area contributed by atoms with Crippen LogP contribution in [-0.4, -0.2) is 62.6 Å². The van der Waals surface area contributed by atoms with Gasteiger partial charge in [-0.1, -0.05) is 43.3 Å². The van der Waals surface area contributed by atoms with E-state index in [1.807, 2.05) is 56.0 Å². The van der Waals surface area contributed by atoms with Gasteiger partial charge in [0, 0.05) is 32.7 Å². The molecule has 1 atom stereocenters. The van der Waals surface area contributed by atoms with Crippen molar-refractivity contribution in [3.05, 3.63) is 65.2 Å². The zero-order valence-corrected chi connectivity index (χ0v) is 19.7. The monoisotopic (exact) mass is 443 g/mol. The van der Waals surface area contributed by atoms with Crippen LogP contribution in [0.25, 0.3) is 0 Å². The lowest BCUT2D eigenvalue weighted by atomic mass is 10.1. The number of piperazine rings is 1. The van der Waals surface area contributed by atoms with Crippen LogP contribution in [0.5, 0.6) is 0 Å². The highest BCUT2D eigenvalue weighted by atomic mass is 32.2. The number of rotatable bonds is 7. The van der Waals surface area contributed by atoms with Gasteiger partial charge in [-0.2, -0.15) is 0 Å². The van der Waals surface area contributed by atoms with Gasteiger partial charge >= 0.3 is 0 Å². The first kappa shape index (κ1) is 23.3. The van der Waals surface area contributed by atoms with Gasteiger partial charge in [-0.15, -0.1) is 0 Å². The van der Waals surface area contributed by atoms with Crippen molar-refractivity contribution in [1.29, 1.82) is 0 Å². The molecule has 1 fully saturated rings. The standard InChI is InChI=1S/C24H33N3O3S/c1-5-23(27(31(4,29)30)22-12-11-19(2)20(3)17-22)24(28)26-15-13-25(14-16-26)18-21-9-7-6-8-10-21/h6-12,17,23H,5,13-16,18H2,1-4H3/t23-/m1/s1. The highest BCUT2D eigenvalue weighted by Crippen LogP contribution is 2.26. The summed E-state index contributed by atoms with van der Waals surface area (Å²) in [5.41, 5.74) is 3.90. The van der Waals surface area contributed by atoms with Crippen LogP contribution in [0.4, 0.5) is 5.69 Å². The second-order valence-corrected chi connectivity index (χ2v) is 10.2. The minimum atomic E-state index is -3.62. The average Bonchev–Trinajstić information content (AvgIpc) is 2.74. The third-order valence-corrected chi connectivity index (χ3v) is 7.17. The number of nitrogens with zero attached hydrogens (tertiary/aromatic N) is 3. The normalized spacial score (nSPS) is 16.2. The van der Waals surface area contributed by atoms with Crippen LogP contribution in [0.2, 0.25) is 0 Å². The maximum Gasteiger partial charge on any atom is 0.246 e. The molecule has 2 aromatic carbocycles. The fourth-order valence-corrected chi connectivity index (χ4v) is 5.28. The van der Waals surface area contributed by atoms with E-state index in [1.54, 1.807) is 6.07 Å². The van der Waals surface area contributed by atoms with Crippen LogP contribution in [0, 0.1) is 13.8 Å². The van der Waals surface area contributed by atoms with Crippen molar-refractivity contribution >= 4 is 21.6 Å². The molecule has 31 heavy (non-hydrogen) atoms. The molecule has 0 unspecified atom stereocenters.